The fourth-order valence-electron chi connectivity index (χ4n) is 5.08. The second-order valence-corrected chi connectivity index (χ2v) is 8.84. The summed E-state index contributed by atoms with van der Waals surface area (Å²) >= 11 is 0. The van der Waals surface area contributed by atoms with E-state index in [1.807, 2.05) is 0 Å². The zero-order valence-electron chi connectivity index (χ0n) is 15.1. The van der Waals surface area contributed by atoms with Gasteiger partial charge in [0.2, 0.25) is 5.91 Å². The topological polar surface area (TPSA) is 73.6 Å². The van der Waals surface area contributed by atoms with Crippen LogP contribution in [-0.4, -0.2) is 37.2 Å². The van der Waals surface area contributed by atoms with Crippen LogP contribution in [0.2, 0.25) is 0 Å². The molecule has 0 aromatic carbocycles. The van der Waals surface area contributed by atoms with Crippen molar-refractivity contribution in [1.29, 1.82) is 0 Å². The van der Waals surface area contributed by atoms with Crippen molar-refractivity contribution < 1.29 is 14.1 Å². The van der Waals surface area contributed by atoms with Crippen molar-refractivity contribution in [2.24, 2.45) is 28.9 Å². The van der Waals surface area contributed by atoms with Gasteiger partial charge >= 0.3 is 7.12 Å². The molecule has 1 saturated heterocycles. The lowest BCUT2D eigenvalue weighted by atomic mass is 9.43. The third kappa shape index (κ3) is 2.73. The van der Waals surface area contributed by atoms with Gasteiger partial charge in [0.15, 0.2) is 0 Å². The average Bonchev–Trinajstić information content (AvgIpc) is 2.82. The SMILES string of the molecule is CC(C)CC(NC(=O)CN)B1OC2CC3CC(C3(C)C)[C@]2(C)O1. The van der Waals surface area contributed by atoms with Gasteiger partial charge in [-0.3, -0.25) is 4.79 Å². The molecule has 23 heavy (non-hydrogen) atoms. The highest BCUT2D eigenvalue weighted by atomic mass is 16.7. The zero-order valence-corrected chi connectivity index (χ0v) is 15.1. The van der Waals surface area contributed by atoms with Crippen LogP contribution < -0.4 is 11.1 Å². The van der Waals surface area contributed by atoms with Gasteiger partial charge < -0.3 is 20.4 Å². The van der Waals surface area contributed by atoms with Crippen LogP contribution in [-0.2, 0) is 14.1 Å². The number of hydrogen-bond acceptors (Lipinski definition) is 4. The summed E-state index contributed by atoms with van der Waals surface area (Å²) in [5.74, 6) is 1.44. The second-order valence-electron chi connectivity index (χ2n) is 8.84. The van der Waals surface area contributed by atoms with Crippen molar-refractivity contribution in [2.75, 3.05) is 6.54 Å². The number of nitrogens with one attached hydrogen (secondary N) is 1. The molecule has 6 heteroatoms. The minimum Gasteiger partial charge on any atom is -0.404 e. The summed E-state index contributed by atoms with van der Waals surface area (Å²) < 4.78 is 12.8. The van der Waals surface area contributed by atoms with E-state index >= 15 is 0 Å². The van der Waals surface area contributed by atoms with Crippen LogP contribution in [0.5, 0.6) is 0 Å². The van der Waals surface area contributed by atoms with Gasteiger partial charge in [-0.25, -0.2) is 0 Å². The van der Waals surface area contributed by atoms with Crippen molar-refractivity contribution in [2.45, 2.75) is 71.5 Å². The summed E-state index contributed by atoms with van der Waals surface area (Å²) in [7, 11) is -0.363. The smallest absolute Gasteiger partial charge is 0.404 e. The number of rotatable bonds is 5. The molecule has 4 aliphatic rings. The van der Waals surface area contributed by atoms with Crippen molar-refractivity contribution in [3.8, 4) is 0 Å². The van der Waals surface area contributed by atoms with Crippen LogP contribution in [0.25, 0.3) is 0 Å². The highest BCUT2D eigenvalue weighted by Gasteiger charge is 2.68. The van der Waals surface area contributed by atoms with Crippen LogP contribution in [0.4, 0.5) is 0 Å². The Balaban J connectivity index is 1.75. The first-order valence-electron chi connectivity index (χ1n) is 9.01. The molecule has 2 bridgehead atoms. The molecule has 1 amide bonds. The van der Waals surface area contributed by atoms with Gasteiger partial charge in [0.05, 0.1) is 24.2 Å². The molecule has 4 rings (SSSR count). The van der Waals surface area contributed by atoms with Crippen molar-refractivity contribution >= 4 is 13.0 Å². The average molecular weight is 322 g/mol. The maximum Gasteiger partial charge on any atom is 0.481 e. The first-order valence-corrected chi connectivity index (χ1v) is 9.01. The highest BCUT2D eigenvalue weighted by Crippen LogP contribution is 2.65. The molecular formula is C17H31BN2O3. The Bertz CT molecular complexity index is 484. The van der Waals surface area contributed by atoms with Crippen LogP contribution in [0.3, 0.4) is 0 Å². The van der Waals surface area contributed by atoms with E-state index in [1.54, 1.807) is 0 Å². The third-order valence-electron chi connectivity index (χ3n) is 6.55. The summed E-state index contributed by atoms with van der Waals surface area (Å²) in [6.07, 6.45) is 3.28. The Hall–Kier alpha value is -0.585. The Morgan fingerprint density at radius 2 is 2.04 bits per heavy atom. The monoisotopic (exact) mass is 322 g/mol. The first-order chi connectivity index (χ1) is 10.7. The number of amides is 1. The first kappa shape index (κ1) is 17.2. The molecule has 1 heterocycles. The third-order valence-corrected chi connectivity index (χ3v) is 6.55. The van der Waals surface area contributed by atoms with E-state index in [-0.39, 0.29) is 37.2 Å². The summed E-state index contributed by atoms with van der Waals surface area (Å²) in [5, 5.41) is 3.00. The lowest BCUT2D eigenvalue weighted by molar-refractivity contribution is -0.199. The van der Waals surface area contributed by atoms with E-state index in [9.17, 15) is 4.79 Å². The molecule has 1 aliphatic heterocycles. The van der Waals surface area contributed by atoms with Gasteiger partial charge in [0.1, 0.15) is 0 Å². The van der Waals surface area contributed by atoms with E-state index < -0.39 is 0 Å². The molecule has 5 atom stereocenters. The van der Waals surface area contributed by atoms with Gasteiger partial charge in [-0.15, -0.1) is 0 Å². The van der Waals surface area contributed by atoms with Crippen molar-refractivity contribution in [3.05, 3.63) is 0 Å². The molecule has 0 aromatic heterocycles. The molecule has 5 nitrogen and oxygen atoms in total. The molecule has 4 unspecified atom stereocenters. The molecule has 0 aromatic rings. The summed E-state index contributed by atoms with van der Waals surface area (Å²) in [5.41, 5.74) is 5.56. The van der Waals surface area contributed by atoms with Crippen molar-refractivity contribution in [1.82, 2.24) is 5.32 Å². The maximum atomic E-state index is 11.8. The predicted octanol–water partition coefficient (Wildman–Crippen LogP) is 1.74. The fraction of sp³-hybridized carbons (Fsp3) is 0.941. The van der Waals surface area contributed by atoms with Crippen LogP contribution >= 0.6 is 0 Å². The van der Waals surface area contributed by atoms with E-state index in [2.05, 4.69) is 39.9 Å². The van der Waals surface area contributed by atoms with E-state index in [0.29, 0.717) is 17.3 Å². The maximum absolute atomic E-state index is 11.8. The molecule has 0 radical (unpaired) electrons. The summed E-state index contributed by atoms with van der Waals surface area (Å²) in [6.45, 7) is 11.2. The summed E-state index contributed by atoms with van der Waals surface area (Å²) in [6, 6.07) is 0. The van der Waals surface area contributed by atoms with E-state index in [4.69, 9.17) is 15.0 Å². The van der Waals surface area contributed by atoms with E-state index in [0.717, 1.165) is 18.8 Å². The van der Waals surface area contributed by atoms with Gasteiger partial charge in [-0.2, -0.15) is 0 Å². The van der Waals surface area contributed by atoms with Gasteiger partial charge in [0.25, 0.3) is 0 Å². The van der Waals surface area contributed by atoms with Crippen molar-refractivity contribution in [3.63, 3.8) is 0 Å². The highest BCUT2D eigenvalue weighted by molar-refractivity contribution is 6.47. The number of nitrogens with two attached hydrogens (primary N) is 1. The van der Waals surface area contributed by atoms with Crippen LogP contribution in [0.1, 0.15) is 53.9 Å². The molecule has 0 spiro atoms. The molecule has 3 saturated carbocycles. The number of hydrogen-bond donors (Lipinski definition) is 2. The Kier molecular flexibility index (Phi) is 4.31. The fourth-order valence-corrected chi connectivity index (χ4v) is 5.08. The summed E-state index contributed by atoms with van der Waals surface area (Å²) in [4.78, 5) is 11.8. The normalized spacial score (nSPS) is 38.9. The lowest BCUT2D eigenvalue weighted by Gasteiger charge is -2.64. The minimum absolute atomic E-state index is 0.000256. The predicted molar refractivity (Wildman–Crippen MR) is 90.6 cm³/mol. The quantitative estimate of drug-likeness (QED) is 0.756. The largest absolute Gasteiger partial charge is 0.481 e. The van der Waals surface area contributed by atoms with Crippen LogP contribution in [0.15, 0.2) is 0 Å². The Labute approximate surface area is 140 Å². The minimum atomic E-state index is -0.363. The molecule has 4 fully saturated rings. The number of carbonyl (C=O) groups excluding carboxylic acids is 1. The molecule has 130 valence electrons. The van der Waals surface area contributed by atoms with Gasteiger partial charge in [0, 0.05) is 0 Å². The molecule has 3 N–H and O–H groups in total. The lowest BCUT2D eigenvalue weighted by Crippen LogP contribution is -2.65. The Morgan fingerprint density at radius 1 is 1.35 bits per heavy atom. The molecule has 3 aliphatic carbocycles. The number of carbonyl (C=O) groups is 1. The standard InChI is InChI=1S/C17H31BN2O3/c1-10(2)6-14(20-15(21)9-19)18-22-13-8-11-7-12(16(11,3)4)17(13,5)23-18/h10-14H,6-9,19H2,1-5H3,(H,20,21)/t11?,12?,13?,14?,17-/m0/s1. The van der Waals surface area contributed by atoms with Gasteiger partial charge in [-0.1, -0.05) is 27.7 Å². The molecular weight excluding hydrogens is 291 g/mol. The van der Waals surface area contributed by atoms with Gasteiger partial charge in [-0.05, 0) is 49.4 Å². The Morgan fingerprint density at radius 3 is 2.61 bits per heavy atom. The second kappa shape index (κ2) is 5.75. The van der Waals surface area contributed by atoms with Crippen LogP contribution in [0, 0.1) is 23.2 Å². The zero-order chi connectivity index (χ0) is 17.0. The van der Waals surface area contributed by atoms with E-state index in [1.165, 1.54) is 6.42 Å².